The molecule has 2 aliphatic rings. The minimum atomic E-state index is 0.588. The molecule has 0 radical (unpaired) electrons. The highest BCUT2D eigenvalue weighted by atomic mass is 32.2. The Kier molecular flexibility index (Phi) is 2.16. The van der Waals surface area contributed by atoms with Crippen LogP contribution in [0.3, 0.4) is 0 Å². The summed E-state index contributed by atoms with van der Waals surface area (Å²) in [6.45, 7) is 5.73. The Morgan fingerprint density at radius 2 is 2.42 bits per heavy atom. The second kappa shape index (κ2) is 3.15. The molecule has 0 saturated carbocycles. The molecule has 0 N–H and O–H groups in total. The van der Waals surface area contributed by atoms with Crippen LogP contribution in [0.25, 0.3) is 0 Å². The normalized spacial score (nSPS) is 34.2. The molecule has 2 nitrogen and oxygen atoms in total. The van der Waals surface area contributed by atoms with E-state index in [-0.39, 0.29) is 0 Å². The number of hydrogen-bond acceptors (Lipinski definition) is 3. The van der Waals surface area contributed by atoms with Gasteiger partial charge in [0.2, 0.25) is 0 Å². The van der Waals surface area contributed by atoms with E-state index in [1.165, 1.54) is 24.3 Å². The third-order valence-electron chi connectivity index (χ3n) is 2.82. The van der Waals surface area contributed by atoms with Gasteiger partial charge in [0.25, 0.3) is 0 Å². The lowest BCUT2D eigenvalue weighted by Crippen LogP contribution is -2.23. The van der Waals surface area contributed by atoms with Crippen molar-refractivity contribution >= 4 is 17.6 Å². The summed E-state index contributed by atoms with van der Waals surface area (Å²) in [4.78, 5) is 0. The number of hydrogen-bond donors (Lipinski definition) is 0. The highest BCUT2D eigenvalue weighted by Gasteiger charge is 2.40. The zero-order chi connectivity index (χ0) is 8.44. The molecule has 2 aliphatic heterocycles. The van der Waals surface area contributed by atoms with Crippen LogP contribution < -0.4 is 0 Å². The number of nitrogens with zero attached hydrogens (tertiary/aromatic N) is 2. The van der Waals surface area contributed by atoms with Crippen molar-refractivity contribution < 1.29 is 0 Å². The van der Waals surface area contributed by atoms with E-state index < -0.39 is 0 Å². The summed E-state index contributed by atoms with van der Waals surface area (Å²) < 4.78 is 0. The Labute approximate surface area is 77.7 Å². The Morgan fingerprint density at radius 3 is 3.08 bits per heavy atom. The maximum Gasteiger partial charge on any atom is 0.0432 e. The average Bonchev–Trinajstić information content (AvgIpc) is 2.65. The lowest BCUT2D eigenvalue weighted by molar-refractivity contribution is 0.292. The predicted octanol–water partition coefficient (Wildman–Crippen LogP) is 1.59. The highest BCUT2D eigenvalue weighted by molar-refractivity contribution is 7.99. The van der Waals surface area contributed by atoms with Crippen LogP contribution in [0.1, 0.15) is 12.8 Å². The first-order valence-corrected chi connectivity index (χ1v) is 5.56. The van der Waals surface area contributed by atoms with Crippen LogP contribution in [0.15, 0.2) is 11.7 Å². The Hall–Kier alpha value is -0.400. The van der Waals surface area contributed by atoms with Gasteiger partial charge in [-0.15, -0.1) is 5.10 Å². The lowest BCUT2D eigenvalue weighted by atomic mass is 9.87. The zero-order valence-electron chi connectivity index (χ0n) is 7.25. The molecule has 2 heterocycles. The molecule has 2 saturated heterocycles. The van der Waals surface area contributed by atoms with Gasteiger partial charge in [-0.1, -0.05) is 0 Å². The van der Waals surface area contributed by atoms with E-state index in [4.69, 9.17) is 0 Å². The summed E-state index contributed by atoms with van der Waals surface area (Å²) in [7, 11) is 0. The van der Waals surface area contributed by atoms with Crippen LogP contribution in [0, 0.1) is 5.41 Å². The summed E-state index contributed by atoms with van der Waals surface area (Å²) in [6, 6.07) is 0. The van der Waals surface area contributed by atoms with E-state index in [0.717, 1.165) is 13.1 Å². The molecule has 1 unspecified atom stereocenters. The van der Waals surface area contributed by atoms with Gasteiger partial charge >= 0.3 is 0 Å². The van der Waals surface area contributed by atoms with Crippen LogP contribution in [-0.2, 0) is 0 Å². The van der Waals surface area contributed by atoms with E-state index in [1.54, 1.807) is 0 Å². The SMILES string of the molecule is C=C=NN1CCC2(CCSC2)C1. The monoisotopic (exact) mass is 182 g/mol. The Balaban J connectivity index is 2.00. The molecule has 1 atom stereocenters. The standard InChI is InChI=1S/C9H14N2S/c1-2-10-11-5-3-9(7-11)4-6-12-8-9/h1,3-8H2. The fraction of sp³-hybridized carbons (Fsp3) is 0.778. The molecule has 0 bridgehead atoms. The van der Waals surface area contributed by atoms with Crippen LogP contribution in [-0.4, -0.2) is 35.5 Å². The first kappa shape index (κ1) is 8.21. The van der Waals surface area contributed by atoms with Crippen molar-refractivity contribution in [2.75, 3.05) is 24.6 Å². The third-order valence-corrected chi connectivity index (χ3v) is 4.12. The fourth-order valence-electron chi connectivity index (χ4n) is 2.07. The molecule has 0 aromatic rings. The van der Waals surface area contributed by atoms with Gasteiger partial charge in [-0.05, 0) is 25.2 Å². The molecule has 3 heteroatoms. The van der Waals surface area contributed by atoms with Crippen molar-refractivity contribution in [3.8, 4) is 0 Å². The second-order valence-corrected chi connectivity index (χ2v) is 4.80. The van der Waals surface area contributed by atoms with Crippen LogP contribution in [0.5, 0.6) is 0 Å². The summed E-state index contributed by atoms with van der Waals surface area (Å²) in [6.07, 6.45) is 2.69. The molecule has 66 valence electrons. The van der Waals surface area contributed by atoms with Gasteiger partial charge < -0.3 is 0 Å². The molecular formula is C9H14N2S. The highest BCUT2D eigenvalue weighted by Crippen LogP contribution is 2.43. The first-order valence-electron chi connectivity index (χ1n) is 4.40. The third kappa shape index (κ3) is 1.39. The Morgan fingerprint density at radius 1 is 1.50 bits per heavy atom. The van der Waals surface area contributed by atoms with E-state index in [1.807, 2.05) is 0 Å². The van der Waals surface area contributed by atoms with Crippen molar-refractivity contribution in [2.24, 2.45) is 10.5 Å². The van der Waals surface area contributed by atoms with Gasteiger partial charge in [0.15, 0.2) is 0 Å². The van der Waals surface area contributed by atoms with Crippen LogP contribution >= 0.6 is 11.8 Å². The molecule has 12 heavy (non-hydrogen) atoms. The van der Waals surface area contributed by atoms with Crippen LogP contribution in [0.2, 0.25) is 0 Å². The molecule has 0 amide bonds. The molecule has 0 aromatic heterocycles. The topological polar surface area (TPSA) is 15.6 Å². The van der Waals surface area contributed by atoms with E-state index in [2.05, 4.69) is 34.3 Å². The first-order chi connectivity index (χ1) is 5.85. The van der Waals surface area contributed by atoms with E-state index >= 15 is 0 Å². The number of rotatable bonds is 1. The van der Waals surface area contributed by atoms with Gasteiger partial charge in [0, 0.05) is 30.1 Å². The van der Waals surface area contributed by atoms with E-state index in [9.17, 15) is 0 Å². The molecule has 1 spiro atoms. The van der Waals surface area contributed by atoms with E-state index in [0.29, 0.717) is 5.41 Å². The zero-order valence-corrected chi connectivity index (χ0v) is 8.07. The minimum Gasteiger partial charge on any atom is -0.288 e. The van der Waals surface area contributed by atoms with Gasteiger partial charge in [-0.3, -0.25) is 5.01 Å². The number of hydrazone groups is 1. The molecule has 2 fully saturated rings. The summed E-state index contributed by atoms with van der Waals surface area (Å²) >= 11 is 2.09. The summed E-state index contributed by atoms with van der Waals surface area (Å²) in [5.41, 5.74) is 0.588. The maximum atomic E-state index is 4.11. The van der Waals surface area contributed by atoms with Gasteiger partial charge in [0.1, 0.15) is 0 Å². The molecule has 0 aliphatic carbocycles. The van der Waals surface area contributed by atoms with Crippen LogP contribution in [0.4, 0.5) is 0 Å². The van der Waals surface area contributed by atoms with Gasteiger partial charge in [-0.2, -0.15) is 11.8 Å². The fourth-order valence-corrected chi connectivity index (χ4v) is 3.60. The quantitative estimate of drug-likeness (QED) is 0.572. The summed E-state index contributed by atoms with van der Waals surface area (Å²) in [5, 5.41) is 6.22. The largest absolute Gasteiger partial charge is 0.288 e. The lowest BCUT2D eigenvalue weighted by Gasteiger charge is -2.20. The summed E-state index contributed by atoms with van der Waals surface area (Å²) in [5.74, 6) is 5.28. The van der Waals surface area contributed by atoms with Crippen molar-refractivity contribution in [3.05, 3.63) is 6.58 Å². The minimum absolute atomic E-state index is 0.588. The maximum absolute atomic E-state index is 4.11. The predicted molar refractivity (Wildman–Crippen MR) is 53.6 cm³/mol. The van der Waals surface area contributed by atoms with Gasteiger partial charge in [0.05, 0.1) is 0 Å². The number of thioether (sulfide) groups is 1. The Bertz CT molecular complexity index is 215. The smallest absolute Gasteiger partial charge is 0.0432 e. The average molecular weight is 182 g/mol. The molecule has 2 rings (SSSR count). The van der Waals surface area contributed by atoms with Crippen molar-refractivity contribution in [1.82, 2.24) is 5.01 Å². The second-order valence-electron chi connectivity index (χ2n) is 3.70. The van der Waals surface area contributed by atoms with Gasteiger partial charge in [-0.25, -0.2) is 0 Å². The molecular weight excluding hydrogens is 168 g/mol. The van der Waals surface area contributed by atoms with Crippen molar-refractivity contribution in [1.29, 1.82) is 0 Å². The molecule has 0 aromatic carbocycles. The van der Waals surface area contributed by atoms with Crippen molar-refractivity contribution in [3.63, 3.8) is 0 Å². The van der Waals surface area contributed by atoms with Crippen molar-refractivity contribution in [2.45, 2.75) is 12.8 Å².